The average molecular weight is 263 g/mol. The van der Waals surface area contributed by atoms with Crippen LogP contribution in [0.3, 0.4) is 0 Å². The van der Waals surface area contributed by atoms with E-state index in [9.17, 15) is 14.9 Å². The predicted octanol–water partition coefficient (Wildman–Crippen LogP) is 2.69. The number of esters is 1. The van der Waals surface area contributed by atoms with Crippen LogP contribution < -0.4 is 0 Å². The zero-order valence-electron chi connectivity index (χ0n) is 11.0. The van der Waals surface area contributed by atoms with Crippen LogP contribution in [0, 0.1) is 10.1 Å². The fourth-order valence-corrected chi connectivity index (χ4v) is 1.51. The van der Waals surface area contributed by atoms with Gasteiger partial charge >= 0.3 is 11.5 Å². The van der Waals surface area contributed by atoms with Gasteiger partial charge < -0.3 is 4.74 Å². The molecule has 1 aromatic rings. The number of rotatable bonds is 6. The molecule has 102 valence electrons. The molecule has 5 heteroatoms. The zero-order chi connectivity index (χ0) is 14.3. The highest BCUT2D eigenvalue weighted by Crippen LogP contribution is 2.18. The van der Waals surface area contributed by atoms with Crippen LogP contribution in [0.5, 0.6) is 0 Å². The van der Waals surface area contributed by atoms with Gasteiger partial charge in [-0.15, -0.1) is 0 Å². The monoisotopic (exact) mass is 263 g/mol. The molecule has 1 unspecified atom stereocenters. The van der Waals surface area contributed by atoms with E-state index in [4.69, 9.17) is 4.74 Å². The van der Waals surface area contributed by atoms with Crippen molar-refractivity contribution in [2.24, 2.45) is 0 Å². The molecule has 0 aliphatic heterocycles. The van der Waals surface area contributed by atoms with Crippen molar-refractivity contribution in [2.45, 2.75) is 25.8 Å². The highest BCUT2D eigenvalue weighted by atomic mass is 16.6. The molecule has 0 radical (unpaired) electrons. The van der Waals surface area contributed by atoms with Crippen LogP contribution >= 0.6 is 0 Å². The quantitative estimate of drug-likeness (QED) is 0.449. The Morgan fingerprint density at radius 1 is 1.42 bits per heavy atom. The van der Waals surface area contributed by atoms with E-state index in [1.807, 2.05) is 30.3 Å². The lowest BCUT2D eigenvalue weighted by Gasteiger charge is -2.16. The number of ether oxygens (including phenoxy) is 1. The molecule has 19 heavy (non-hydrogen) atoms. The Hall–Kier alpha value is -2.17. The summed E-state index contributed by atoms with van der Waals surface area (Å²) in [5.41, 5.74) is -0.807. The van der Waals surface area contributed by atoms with Gasteiger partial charge in [0.1, 0.15) is 0 Å². The highest BCUT2D eigenvalue weighted by molar-refractivity contribution is 5.79. The molecule has 0 spiro atoms. The molecule has 0 fully saturated rings. The lowest BCUT2D eigenvalue weighted by molar-refractivity contribution is -0.549. The summed E-state index contributed by atoms with van der Waals surface area (Å²) in [4.78, 5) is 22.1. The van der Waals surface area contributed by atoms with Crippen molar-refractivity contribution in [1.82, 2.24) is 0 Å². The molecule has 1 atom stereocenters. The molecule has 0 N–H and O–H groups in total. The Morgan fingerprint density at radius 2 is 2.05 bits per heavy atom. The number of benzene rings is 1. The van der Waals surface area contributed by atoms with Crippen LogP contribution in [-0.4, -0.2) is 23.0 Å². The van der Waals surface area contributed by atoms with Gasteiger partial charge in [0.25, 0.3) is 0 Å². The smallest absolute Gasteiger partial charge is 0.384 e. The minimum absolute atomic E-state index is 0.00622. The summed E-state index contributed by atoms with van der Waals surface area (Å²) >= 11 is 0. The van der Waals surface area contributed by atoms with Crippen molar-refractivity contribution < 1.29 is 14.5 Å². The normalized spacial score (nSPS) is 14.0. The van der Waals surface area contributed by atoms with E-state index >= 15 is 0 Å². The van der Waals surface area contributed by atoms with Crippen LogP contribution in [0.2, 0.25) is 0 Å². The van der Waals surface area contributed by atoms with Crippen molar-refractivity contribution in [3.63, 3.8) is 0 Å². The number of nitro groups is 1. The summed E-state index contributed by atoms with van der Waals surface area (Å²) < 4.78 is 4.76. The van der Waals surface area contributed by atoms with E-state index in [1.165, 1.54) is 6.92 Å². The van der Waals surface area contributed by atoms with Gasteiger partial charge in [-0.1, -0.05) is 42.5 Å². The second kappa shape index (κ2) is 6.68. The summed E-state index contributed by atoms with van der Waals surface area (Å²) in [6.07, 6.45) is 3.36. The molecule has 5 nitrogen and oxygen atoms in total. The fraction of sp³-hybridized carbons (Fsp3) is 0.357. The molecule has 0 aliphatic carbocycles. The Kier molecular flexibility index (Phi) is 5.23. The molecule has 1 aromatic carbocycles. The van der Waals surface area contributed by atoms with Gasteiger partial charge in [0.2, 0.25) is 0 Å². The third kappa shape index (κ3) is 3.91. The number of carbonyl (C=O) groups excluding carboxylic acids is 1. The van der Waals surface area contributed by atoms with Gasteiger partial charge in [0, 0.05) is 18.3 Å². The number of carbonyl (C=O) groups is 1. The van der Waals surface area contributed by atoms with Crippen LogP contribution in [0.15, 0.2) is 36.4 Å². The maximum absolute atomic E-state index is 11.7. The molecule has 0 bridgehead atoms. The lowest BCUT2D eigenvalue weighted by atomic mass is 9.98. The second-order valence-corrected chi connectivity index (χ2v) is 4.27. The molecule has 0 saturated carbocycles. The van der Waals surface area contributed by atoms with Crippen LogP contribution in [0.1, 0.15) is 25.8 Å². The number of hydrogen-bond donors (Lipinski definition) is 0. The molecular formula is C14H17NO4. The van der Waals surface area contributed by atoms with Gasteiger partial charge in [0.05, 0.1) is 6.61 Å². The summed E-state index contributed by atoms with van der Waals surface area (Å²) in [6, 6.07) is 9.39. The van der Waals surface area contributed by atoms with Crippen molar-refractivity contribution in [1.29, 1.82) is 0 Å². The summed E-state index contributed by atoms with van der Waals surface area (Å²) in [5, 5.41) is 11.1. The van der Waals surface area contributed by atoms with Crippen molar-refractivity contribution in [2.75, 3.05) is 6.61 Å². The lowest BCUT2D eigenvalue weighted by Crippen LogP contribution is -2.44. The second-order valence-electron chi connectivity index (χ2n) is 4.27. The van der Waals surface area contributed by atoms with E-state index < -0.39 is 16.4 Å². The minimum Gasteiger partial charge on any atom is -0.461 e. The first-order chi connectivity index (χ1) is 9.00. The van der Waals surface area contributed by atoms with Gasteiger partial charge in [-0.3, -0.25) is 10.1 Å². The maximum atomic E-state index is 11.7. The molecule has 1 rings (SSSR count). The molecule has 0 aromatic heterocycles. The van der Waals surface area contributed by atoms with Gasteiger partial charge in [-0.25, -0.2) is 4.79 Å². The van der Waals surface area contributed by atoms with Crippen molar-refractivity contribution in [3.05, 3.63) is 52.1 Å². The molecule has 0 aliphatic rings. The molecule has 0 saturated heterocycles. The maximum Gasteiger partial charge on any atom is 0.384 e. The predicted molar refractivity (Wildman–Crippen MR) is 72.1 cm³/mol. The number of hydrogen-bond acceptors (Lipinski definition) is 4. The summed E-state index contributed by atoms with van der Waals surface area (Å²) in [5.74, 6) is -0.808. The first-order valence-electron chi connectivity index (χ1n) is 6.04. The van der Waals surface area contributed by atoms with Crippen molar-refractivity contribution in [3.8, 4) is 0 Å². The zero-order valence-corrected chi connectivity index (χ0v) is 11.0. The first kappa shape index (κ1) is 14.9. The van der Waals surface area contributed by atoms with E-state index in [2.05, 4.69) is 0 Å². The molecule has 0 amide bonds. The third-order valence-electron chi connectivity index (χ3n) is 2.74. The summed E-state index contributed by atoms with van der Waals surface area (Å²) in [6.45, 7) is 3.03. The number of nitrogens with zero attached hydrogens (tertiary/aromatic N) is 1. The van der Waals surface area contributed by atoms with Gasteiger partial charge in [-0.2, -0.15) is 0 Å². The first-order valence-corrected chi connectivity index (χ1v) is 6.04. The van der Waals surface area contributed by atoms with E-state index in [0.717, 1.165) is 5.56 Å². The van der Waals surface area contributed by atoms with Crippen molar-refractivity contribution >= 4 is 12.0 Å². The largest absolute Gasteiger partial charge is 0.461 e. The fourth-order valence-electron chi connectivity index (χ4n) is 1.51. The topological polar surface area (TPSA) is 69.4 Å². The molecule has 0 heterocycles. The van der Waals surface area contributed by atoms with E-state index in [-0.39, 0.29) is 13.0 Å². The van der Waals surface area contributed by atoms with Crippen LogP contribution in [-0.2, 0) is 9.53 Å². The highest BCUT2D eigenvalue weighted by Gasteiger charge is 2.46. The van der Waals surface area contributed by atoms with Gasteiger partial charge in [-0.05, 0) is 12.5 Å². The van der Waals surface area contributed by atoms with E-state index in [1.54, 1.807) is 19.1 Å². The molecular weight excluding hydrogens is 246 g/mol. The Bertz CT molecular complexity index is 470. The van der Waals surface area contributed by atoms with E-state index in [0.29, 0.717) is 0 Å². The Labute approximate surface area is 112 Å². The van der Waals surface area contributed by atoms with Crippen LogP contribution in [0.25, 0.3) is 6.08 Å². The standard InChI is InChI=1S/C14H17NO4/c1-3-19-13(16)14(2,15(17)18)11-7-10-12-8-5-4-6-9-12/h4-10H,3,11H2,1-2H3/b10-7+. The summed E-state index contributed by atoms with van der Waals surface area (Å²) in [7, 11) is 0. The van der Waals surface area contributed by atoms with Gasteiger partial charge in [0.15, 0.2) is 0 Å². The minimum atomic E-state index is -1.73. The Morgan fingerprint density at radius 3 is 2.58 bits per heavy atom. The average Bonchev–Trinajstić information content (AvgIpc) is 2.39. The Balaban J connectivity index is 2.77. The SMILES string of the molecule is CCOC(=O)C(C)(C/C=C/c1ccccc1)[N+](=O)[O-]. The van der Waals surface area contributed by atoms with Crippen LogP contribution in [0.4, 0.5) is 0 Å². The third-order valence-corrected chi connectivity index (χ3v) is 2.74.